The molecule has 1 amide bonds. The first-order valence-electron chi connectivity index (χ1n) is 9.53. The number of benzene rings is 2. The van der Waals surface area contributed by atoms with Crippen LogP contribution in [0.4, 0.5) is 11.4 Å². The summed E-state index contributed by atoms with van der Waals surface area (Å²) in [6.45, 7) is 8.03. The van der Waals surface area contributed by atoms with Gasteiger partial charge < -0.3 is 15.0 Å². The van der Waals surface area contributed by atoms with E-state index < -0.39 is 0 Å². The summed E-state index contributed by atoms with van der Waals surface area (Å²) in [6, 6.07) is 16.1. The van der Waals surface area contributed by atoms with Crippen molar-refractivity contribution in [2.45, 2.75) is 26.4 Å². The molecule has 3 rings (SSSR count). The van der Waals surface area contributed by atoms with E-state index in [0.717, 1.165) is 44.1 Å². The lowest BCUT2D eigenvalue weighted by molar-refractivity contribution is -0.120. The van der Waals surface area contributed by atoms with E-state index in [0.29, 0.717) is 0 Å². The number of carbonyl (C=O) groups is 1. The number of aryl methyl sites for hydroxylation is 1. The van der Waals surface area contributed by atoms with Gasteiger partial charge in [0.15, 0.2) is 0 Å². The van der Waals surface area contributed by atoms with Crippen LogP contribution in [-0.4, -0.2) is 50.2 Å². The van der Waals surface area contributed by atoms with Crippen LogP contribution < -0.4 is 10.2 Å². The van der Waals surface area contributed by atoms with E-state index in [-0.39, 0.29) is 11.9 Å². The van der Waals surface area contributed by atoms with Gasteiger partial charge in [-0.2, -0.15) is 0 Å². The Hall–Kier alpha value is -2.37. The largest absolute Gasteiger partial charge is 0.378 e. The van der Waals surface area contributed by atoms with Gasteiger partial charge in [0.1, 0.15) is 0 Å². The predicted molar refractivity (Wildman–Crippen MR) is 110 cm³/mol. The first-order chi connectivity index (χ1) is 13.0. The average molecular weight is 367 g/mol. The fraction of sp³-hybridized carbons (Fsp3) is 0.409. The number of likely N-dealkylation sites (N-methyl/N-ethyl adjacent to an activating group) is 1. The van der Waals surface area contributed by atoms with E-state index in [2.05, 4.69) is 39.4 Å². The fourth-order valence-corrected chi connectivity index (χ4v) is 3.33. The molecule has 0 bridgehead atoms. The van der Waals surface area contributed by atoms with E-state index in [4.69, 9.17) is 4.74 Å². The number of carbonyl (C=O) groups excluding carboxylic acids is 1. The highest BCUT2D eigenvalue weighted by Gasteiger charge is 2.21. The standard InChI is InChI=1S/C22H29N3O2/c1-17-7-6-9-20(15-17)23-22(26)18(2)24(3)16-19-8-4-5-10-21(19)25-11-13-27-14-12-25/h4-10,15,18H,11-14,16H2,1-3H3,(H,23,26). The highest BCUT2D eigenvalue weighted by Crippen LogP contribution is 2.23. The molecule has 1 N–H and O–H groups in total. The molecule has 2 aromatic carbocycles. The number of nitrogens with zero attached hydrogens (tertiary/aromatic N) is 2. The molecule has 1 heterocycles. The van der Waals surface area contributed by atoms with Crippen LogP contribution in [0.25, 0.3) is 0 Å². The molecule has 1 aliphatic heterocycles. The molecule has 5 heteroatoms. The second kappa shape index (κ2) is 9.02. The summed E-state index contributed by atoms with van der Waals surface area (Å²) in [5, 5.41) is 3.02. The maximum absolute atomic E-state index is 12.7. The molecule has 27 heavy (non-hydrogen) atoms. The molecule has 0 saturated carbocycles. The van der Waals surface area contributed by atoms with E-state index in [1.807, 2.05) is 45.2 Å². The van der Waals surface area contributed by atoms with Gasteiger partial charge in [0, 0.05) is 31.0 Å². The maximum atomic E-state index is 12.7. The first-order valence-corrected chi connectivity index (χ1v) is 9.53. The number of para-hydroxylation sites is 1. The summed E-state index contributed by atoms with van der Waals surface area (Å²) in [7, 11) is 2.00. The van der Waals surface area contributed by atoms with E-state index in [1.54, 1.807) is 0 Å². The number of hydrogen-bond acceptors (Lipinski definition) is 4. The zero-order chi connectivity index (χ0) is 19.2. The summed E-state index contributed by atoms with van der Waals surface area (Å²) < 4.78 is 5.47. The molecule has 5 nitrogen and oxygen atoms in total. The number of rotatable bonds is 6. The third-order valence-corrected chi connectivity index (χ3v) is 5.09. The molecule has 1 saturated heterocycles. The molecule has 0 aromatic heterocycles. The van der Waals surface area contributed by atoms with Crippen molar-refractivity contribution in [3.63, 3.8) is 0 Å². The fourth-order valence-electron chi connectivity index (χ4n) is 3.33. The number of nitrogens with one attached hydrogen (secondary N) is 1. The molecular formula is C22H29N3O2. The van der Waals surface area contributed by atoms with Crippen molar-refractivity contribution in [2.24, 2.45) is 0 Å². The zero-order valence-electron chi connectivity index (χ0n) is 16.4. The Labute approximate surface area is 161 Å². The molecule has 1 unspecified atom stereocenters. The van der Waals surface area contributed by atoms with Crippen LogP contribution in [0, 0.1) is 6.92 Å². The summed E-state index contributed by atoms with van der Waals surface area (Å²) >= 11 is 0. The third kappa shape index (κ3) is 5.08. The predicted octanol–water partition coefficient (Wildman–Crippen LogP) is 3.29. The molecule has 1 atom stereocenters. The molecule has 0 aliphatic carbocycles. The minimum Gasteiger partial charge on any atom is -0.378 e. The van der Waals surface area contributed by atoms with Crippen molar-refractivity contribution in [2.75, 3.05) is 43.6 Å². The molecule has 2 aromatic rings. The van der Waals surface area contributed by atoms with Crippen molar-refractivity contribution in [1.29, 1.82) is 0 Å². The smallest absolute Gasteiger partial charge is 0.241 e. The summed E-state index contributed by atoms with van der Waals surface area (Å²) in [6.07, 6.45) is 0. The Balaban J connectivity index is 1.65. The lowest BCUT2D eigenvalue weighted by Gasteiger charge is -2.32. The van der Waals surface area contributed by atoms with Crippen molar-refractivity contribution in [1.82, 2.24) is 4.90 Å². The highest BCUT2D eigenvalue weighted by molar-refractivity contribution is 5.94. The highest BCUT2D eigenvalue weighted by atomic mass is 16.5. The van der Waals surface area contributed by atoms with Gasteiger partial charge in [-0.1, -0.05) is 30.3 Å². The Morgan fingerprint density at radius 3 is 2.67 bits per heavy atom. The number of anilines is 2. The average Bonchev–Trinajstić information content (AvgIpc) is 2.68. The Morgan fingerprint density at radius 2 is 1.93 bits per heavy atom. The molecule has 0 radical (unpaired) electrons. The van der Waals surface area contributed by atoms with Crippen LogP contribution in [0.2, 0.25) is 0 Å². The molecule has 1 aliphatic rings. The number of amides is 1. The van der Waals surface area contributed by atoms with Crippen molar-refractivity contribution >= 4 is 17.3 Å². The molecular weight excluding hydrogens is 338 g/mol. The second-order valence-electron chi connectivity index (χ2n) is 7.18. The number of hydrogen-bond donors (Lipinski definition) is 1. The molecule has 0 spiro atoms. The Bertz CT molecular complexity index is 772. The van der Waals surface area contributed by atoms with Crippen molar-refractivity contribution in [3.8, 4) is 0 Å². The van der Waals surface area contributed by atoms with Gasteiger partial charge in [-0.3, -0.25) is 9.69 Å². The van der Waals surface area contributed by atoms with Gasteiger partial charge in [-0.05, 0) is 50.2 Å². The van der Waals surface area contributed by atoms with Crippen LogP contribution in [0.3, 0.4) is 0 Å². The van der Waals surface area contributed by atoms with Crippen LogP contribution >= 0.6 is 0 Å². The molecule has 1 fully saturated rings. The van der Waals surface area contributed by atoms with Gasteiger partial charge in [-0.15, -0.1) is 0 Å². The van der Waals surface area contributed by atoms with Gasteiger partial charge in [0.05, 0.1) is 19.3 Å². The minimum absolute atomic E-state index is 0.00644. The summed E-state index contributed by atoms with van der Waals surface area (Å²) in [5.41, 5.74) is 4.44. The van der Waals surface area contributed by atoms with Gasteiger partial charge in [-0.25, -0.2) is 0 Å². The third-order valence-electron chi connectivity index (χ3n) is 5.09. The van der Waals surface area contributed by atoms with E-state index in [1.165, 1.54) is 11.3 Å². The Morgan fingerprint density at radius 1 is 1.19 bits per heavy atom. The van der Waals surface area contributed by atoms with Gasteiger partial charge >= 0.3 is 0 Å². The van der Waals surface area contributed by atoms with Crippen LogP contribution in [0.5, 0.6) is 0 Å². The number of ether oxygens (including phenoxy) is 1. The minimum atomic E-state index is -0.233. The van der Waals surface area contributed by atoms with Gasteiger partial charge in [0.2, 0.25) is 5.91 Å². The normalized spacial score (nSPS) is 15.6. The zero-order valence-corrected chi connectivity index (χ0v) is 16.4. The number of morpholine rings is 1. The maximum Gasteiger partial charge on any atom is 0.241 e. The van der Waals surface area contributed by atoms with E-state index >= 15 is 0 Å². The second-order valence-corrected chi connectivity index (χ2v) is 7.18. The van der Waals surface area contributed by atoms with Crippen molar-refractivity contribution in [3.05, 3.63) is 59.7 Å². The van der Waals surface area contributed by atoms with Crippen LogP contribution in [0.15, 0.2) is 48.5 Å². The van der Waals surface area contributed by atoms with Gasteiger partial charge in [0.25, 0.3) is 0 Å². The summed E-state index contributed by atoms with van der Waals surface area (Å²) in [5.74, 6) is 0.00644. The van der Waals surface area contributed by atoms with E-state index in [9.17, 15) is 4.79 Å². The Kier molecular flexibility index (Phi) is 6.48. The first kappa shape index (κ1) is 19.4. The van der Waals surface area contributed by atoms with Crippen LogP contribution in [0.1, 0.15) is 18.1 Å². The monoisotopic (exact) mass is 367 g/mol. The molecule has 144 valence electrons. The lowest BCUT2D eigenvalue weighted by atomic mass is 10.1. The van der Waals surface area contributed by atoms with Crippen LogP contribution in [-0.2, 0) is 16.1 Å². The summed E-state index contributed by atoms with van der Waals surface area (Å²) in [4.78, 5) is 17.1. The topological polar surface area (TPSA) is 44.8 Å². The lowest BCUT2D eigenvalue weighted by Crippen LogP contribution is -2.40. The quantitative estimate of drug-likeness (QED) is 0.851. The SMILES string of the molecule is Cc1cccc(NC(=O)C(C)N(C)Cc2ccccc2N2CCOCC2)c1. The van der Waals surface area contributed by atoms with Crippen molar-refractivity contribution < 1.29 is 9.53 Å².